The number of amides is 2. The van der Waals surface area contributed by atoms with Crippen LogP contribution in [-0.4, -0.2) is 77.7 Å². The average molecular weight is 672 g/mol. The molecule has 0 unspecified atom stereocenters. The van der Waals surface area contributed by atoms with Gasteiger partial charge in [-0.25, -0.2) is 14.6 Å². The highest BCUT2D eigenvalue weighted by molar-refractivity contribution is 7.88. The lowest BCUT2D eigenvalue weighted by Gasteiger charge is -2.34. The van der Waals surface area contributed by atoms with Crippen LogP contribution in [0.25, 0.3) is 10.9 Å². The number of pyridine rings is 1. The number of ether oxygens (including phenoxy) is 2. The number of hydrogen-bond donors (Lipinski definition) is 2. The molecule has 2 bridgehead atoms. The van der Waals surface area contributed by atoms with Crippen LogP contribution in [0.4, 0.5) is 18.0 Å². The van der Waals surface area contributed by atoms with E-state index in [-0.39, 0.29) is 53.8 Å². The number of aromatic nitrogens is 1. The van der Waals surface area contributed by atoms with Crippen molar-refractivity contribution in [2.75, 3.05) is 6.54 Å². The number of benzene rings is 1. The van der Waals surface area contributed by atoms with Gasteiger partial charge in [0.25, 0.3) is 0 Å². The number of nitrogens with zero attached hydrogens (tertiary/aromatic N) is 2. The number of nitrogens with one attached hydrogen (secondary N) is 1. The molecule has 1 saturated heterocycles. The first kappa shape index (κ1) is 33.5. The van der Waals surface area contributed by atoms with E-state index in [1.807, 2.05) is 0 Å². The molecule has 2 aromatic rings. The number of alkyl carbamates (subject to hydrolysis) is 1. The predicted molar refractivity (Wildman–Crippen MR) is 156 cm³/mol. The zero-order valence-electron chi connectivity index (χ0n) is 25.5. The molecule has 3 heterocycles. The van der Waals surface area contributed by atoms with Crippen LogP contribution >= 0.6 is 0 Å². The van der Waals surface area contributed by atoms with Gasteiger partial charge in [0.15, 0.2) is 5.75 Å². The number of aliphatic carboxylic acids is 1. The summed E-state index contributed by atoms with van der Waals surface area (Å²) < 4.78 is 81.4. The van der Waals surface area contributed by atoms with Crippen molar-refractivity contribution in [1.82, 2.24) is 15.2 Å². The second kappa shape index (κ2) is 12.4. The van der Waals surface area contributed by atoms with Gasteiger partial charge in [0, 0.05) is 11.8 Å². The molecule has 1 aromatic carbocycles. The fourth-order valence-electron chi connectivity index (χ4n) is 5.94. The normalized spacial score (nSPS) is 26.5. The number of alkyl halides is 3. The van der Waals surface area contributed by atoms with Crippen molar-refractivity contribution >= 4 is 39.0 Å². The summed E-state index contributed by atoms with van der Waals surface area (Å²) in [5, 5.41) is 12.7. The Balaban J connectivity index is 1.57. The van der Waals surface area contributed by atoms with Crippen molar-refractivity contribution in [3.63, 3.8) is 0 Å². The van der Waals surface area contributed by atoms with E-state index < -0.39 is 62.9 Å². The van der Waals surface area contributed by atoms with E-state index in [4.69, 9.17) is 13.7 Å². The number of carbonyl (C=O) groups is 3. The molecule has 1 saturated carbocycles. The Morgan fingerprint density at radius 3 is 2.48 bits per heavy atom. The van der Waals surface area contributed by atoms with Crippen LogP contribution in [0.5, 0.6) is 11.6 Å². The van der Waals surface area contributed by atoms with E-state index >= 15 is 0 Å². The number of halogens is 3. The smallest absolute Gasteiger partial charge is 0.480 e. The quantitative estimate of drug-likeness (QED) is 0.350. The second-order valence-corrected chi connectivity index (χ2v) is 14.6. The lowest BCUT2D eigenvalue weighted by Crippen LogP contribution is -2.57. The summed E-state index contributed by atoms with van der Waals surface area (Å²) in [7, 11) is -6.08. The van der Waals surface area contributed by atoms with Crippen LogP contribution in [0.1, 0.15) is 64.9 Å². The largest absolute Gasteiger partial charge is 0.534 e. The van der Waals surface area contributed by atoms with Gasteiger partial charge in [-0.1, -0.05) is 45.7 Å². The van der Waals surface area contributed by atoms with Crippen molar-refractivity contribution in [3.8, 4) is 11.6 Å². The summed E-state index contributed by atoms with van der Waals surface area (Å²) >= 11 is 0. The fraction of sp³-hybridized carbons (Fsp3) is 0.600. The summed E-state index contributed by atoms with van der Waals surface area (Å²) in [5.41, 5.74) is -6.47. The van der Waals surface area contributed by atoms with E-state index in [2.05, 4.69) is 10.3 Å². The standard InChI is InChI=1S/C30H36F3N3O9S/c1-29(2,3)24-26(37)36-15-17(14-21(36)27(38)39)43-25-19(11-6-4-5-9-16-13-22(16)44-28(40)35-24)23(45-46(41,42)30(31,32)33)18-10-7-8-12-20(18)34-25/h7-8,10,12,16-17,21-22,24H,4-6,9,11,13-15H2,1-3H3,(H,35,40)(H,38,39)/t16-,17-,21+,22-,24-/m1/s1. The zero-order valence-corrected chi connectivity index (χ0v) is 26.3. The topological polar surface area (TPSA) is 161 Å². The molecule has 3 aliphatic rings. The summed E-state index contributed by atoms with van der Waals surface area (Å²) in [6.07, 6.45) is 0.761. The van der Waals surface area contributed by atoms with Gasteiger partial charge in [-0.2, -0.15) is 21.6 Å². The van der Waals surface area contributed by atoms with Crippen LogP contribution in [0.15, 0.2) is 24.3 Å². The van der Waals surface area contributed by atoms with Gasteiger partial charge in [-0.3, -0.25) is 4.79 Å². The van der Waals surface area contributed by atoms with Gasteiger partial charge in [-0.15, -0.1) is 0 Å². The van der Waals surface area contributed by atoms with Gasteiger partial charge < -0.3 is 29.0 Å². The number of rotatable bonds is 3. The molecule has 2 amide bonds. The number of fused-ring (bicyclic) bond motifs is 5. The predicted octanol–water partition coefficient (Wildman–Crippen LogP) is 4.54. The minimum atomic E-state index is -6.08. The summed E-state index contributed by atoms with van der Waals surface area (Å²) in [6.45, 7) is 4.88. The molecule has 16 heteroatoms. The highest BCUT2D eigenvalue weighted by Gasteiger charge is 2.50. The van der Waals surface area contributed by atoms with Crippen molar-refractivity contribution in [2.24, 2.45) is 11.3 Å². The Kier molecular flexibility index (Phi) is 9.05. The highest BCUT2D eigenvalue weighted by Crippen LogP contribution is 2.42. The maximum atomic E-state index is 13.8. The van der Waals surface area contributed by atoms with Gasteiger partial charge in [0.05, 0.1) is 17.6 Å². The third-order valence-corrected chi connectivity index (χ3v) is 9.43. The lowest BCUT2D eigenvalue weighted by molar-refractivity contribution is -0.150. The molecule has 2 aliphatic heterocycles. The van der Waals surface area contributed by atoms with Crippen LogP contribution in [0.2, 0.25) is 0 Å². The minimum Gasteiger partial charge on any atom is -0.480 e. The van der Waals surface area contributed by atoms with Crippen LogP contribution in [0.3, 0.4) is 0 Å². The minimum absolute atomic E-state index is 0.0169. The van der Waals surface area contributed by atoms with Crippen molar-refractivity contribution in [3.05, 3.63) is 29.8 Å². The van der Waals surface area contributed by atoms with E-state index in [0.29, 0.717) is 32.1 Å². The Morgan fingerprint density at radius 2 is 1.80 bits per heavy atom. The fourth-order valence-corrected chi connectivity index (χ4v) is 6.45. The molecule has 46 heavy (non-hydrogen) atoms. The first-order valence-electron chi connectivity index (χ1n) is 15.1. The van der Waals surface area contributed by atoms with Gasteiger partial charge in [-0.05, 0) is 49.1 Å². The first-order valence-corrected chi connectivity index (χ1v) is 16.5. The summed E-state index contributed by atoms with van der Waals surface area (Å²) in [5.74, 6) is -2.69. The Labute approximate surface area is 263 Å². The van der Waals surface area contributed by atoms with E-state index in [9.17, 15) is 41.1 Å². The van der Waals surface area contributed by atoms with Gasteiger partial charge in [0.1, 0.15) is 24.3 Å². The first-order chi connectivity index (χ1) is 21.5. The molecule has 2 N–H and O–H groups in total. The Morgan fingerprint density at radius 1 is 1.09 bits per heavy atom. The molecule has 1 aliphatic carbocycles. The van der Waals surface area contributed by atoms with Crippen molar-refractivity contribution in [1.29, 1.82) is 0 Å². The molecule has 0 radical (unpaired) electrons. The lowest BCUT2D eigenvalue weighted by atomic mass is 9.85. The van der Waals surface area contributed by atoms with E-state index in [0.717, 1.165) is 4.90 Å². The maximum absolute atomic E-state index is 13.8. The van der Waals surface area contributed by atoms with Crippen LogP contribution in [0, 0.1) is 11.3 Å². The van der Waals surface area contributed by atoms with E-state index in [1.165, 1.54) is 18.2 Å². The zero-order chi connectivity index (χ0) is 33.6. The average Bonchev–Trinajstić information content (AvgIpc) is 3.53. The third kappa shape index (κ3) is 7.10. The summed E-state index contributed by atoms with van der Waals surface area (Å²) in [4.78, 5) is 44.5. The number of carboxylic acid groups (broad SMARTS) is 1. The second-order valence-electron chi connectivity index (χ2n) is 13.0. The molecular weight excluding hydrogens is 635 g/mol. The molecule has 12 nitrogen and oxygen atoms in total. The number of para-hydroxylation sites is 1. The molecule has 2 fully saturated rings. The number of hydrogen-bond acceptors (Lipinski definition) is 9. The van der Waals surface area contributed by atoms with Gasteiger partial charge in [0.2, 0.25) is 11.8 Å². The van der Waals surface area contributed by atoms with Crippen LogP contribution in [-0.2, 0) is 30.9 Å². The molecule has 252 valence electrons. The van der Waals surface area contributed by atoms with Crippen LogP contribution < -0.4 is 14.2 Å². The molecule has 1 aromatic heterocycles. The van der Waals surface area contributed by atoms with Crippen molar-refractivity contribution in [2.45, 2.75) is 95.5 Å². The molecule has 5 atom stereocenters. The number of carboxylic acids is 1. The Hall–Kier alpha value is -3.82. The molecule has 0 spiro atoms. The Bertz CT molecular complexity index is 1630. The van der Waals surface area contributed by atoms with E-state index in [1.54, 1.807) is 26.8 Å². The highest BCUT2D eigenvalue weighted by atomic mass is 32.2. The molecular formula is C30H36F3N3O9S. The third-order valence-electron chi connectivity index (χ3n) is 8.48. The van der Waals surface area contributed by atoms with Gasteiger partial charge >= 0.3 is 27.7 Å². The molecule has 5 rings (SSSR count). The maximum Gasteiger partial charge on any atom is 0.534 e. The SMILES string of the molecule is CC(C)(C)[C@@H]1NC(=O)O[C@@H]2C[C@H]2CCCCCc2c(nc3ccccc3c2OS(=O)(=O)C(F)(F)F)O[C@@H]2C[C@@H](C(=O)O)N(C2)C1=O. The number of carbonyl (C=O) groups excluding carboxylic acids is 2. The van der Waals surface area contributed by atoms with Crippen molar-refractivity contribution < 1.29 is 54.7 Å². The monoisotopic (exact) mass is 671 g/mol. The summed E-state index contributed by atoms with van der Waals surface area (Å²) in [6, 6.07) is 3.38.